The Labute approximate surface area is 122 Å². The van der Waals surface area contributed by atoms with Gasteiger partial charge in [0.1, 0.15) is 6.07 Å². The lowest BCUT2D eigenvalue weighted by Gasteiger charge is -2.56. The molecule has 1 aromatic carbocycles. The first-order valence-corrected chi connectivity index (χ1v) is 7.14. The Morgan fingerprint density at radius 1 is 1.21 bits per heavy atom. The quantitative estimate of drug-likeness (QED) is 0.606. The van der Waals surface area contributed by atoms with E-state index in [1.54, 1.807) is 12.1 Å². The predicted octanol–water partition coefficient (Wildman–Crippen LogP) is 5.60. The summed E-state index contributed by atoms with van der Waals surface area (Å²) in [4.78, 5) is 0. The Kier molecular flexibility index (Phi) is 4.69. The molecule has 19 heavy (non-hydrogen) atoms. The molecule has 1 aromatic rings. The van der Waals surface area contributed by atoms with E-state index in [1.165, 1.54) is 6.42 Å². The third-order valence-corrected chi connectivity index (χ3v) is 4.81. The monoisotopic (exact) mass is 277 g/mol. The second kappa shape index (κ2) is 5.55. The fraction of sp³-hybridized carbons (Fsp3) is 0.588. The van der Waals surface area contributed by atoms with Crippen molar-refractivity contribution in [2.75, 3.05) is 0 Å². The normalized spacial score (nSPS) is 19.7. The van der Waals surface area contributed by atoms with Crippen molar-refractivity contribution in [3.63, 3.8) is 0 Å². The summed E-state index contributed by atoms with van der Waals surface area (Å²) in [5.41, 5.74) is 2.84. The fourth-order valence-electron chi connectivity index (χ4n) is 3.12. The van der Waals surface area contributed by atoms with Crippen LogP contribution in [-0.2, 0) is 0 Å². The van der Waals surface area contributed by atoms with Gasteiger partial charge in [-0.3, -0.25) is 0 Å². The smallest absolute Gasteiger partial charge is 0.101 e. The molecule has 0 bridgehead atoms. The molecule has 1 fully saturated rings. The van der Waals surface area contributed by atoms with Crippen LogP contribution in [0.5, 0.6) is 0 Å². The molecule has 1 aliphatic rings. The predicted molar refractivity (Wildman–Crippen MR) is 82.2 cm³/mol. The van der Waals surface area contributed by atoms with Crippen LogP contribution in [0.25, 0.3) is 0 Å². The molecule has 2 heteroatoms. The average Bonchev–Trinajstić information content (AvgIpc) is 2.28. The number of halogens is 1. The maximum Gasteiger partial charge on any atom is 0.101 e. The molecular formula is C17H24ClN. The van der Waals surface area contributed by atoms with Gasteiger partial charge >= 0.3 is 0 Å². The molecule has 2 rings (SSSR count). The van der Waals surface area contributed by atoms with Crippen LogP contribution in [0.1, 0.15) is 52.2 Å². The van der Waals surface area contributed by atoms with Crippen LogP contribution < -0.4 is 0 Å². The molecule has 0 aromatic heterocycles. The van der Waals surface area contributed by atoms with E-state index in [0.717, 1.165) is 11.5 Å². The van der Waals surface area contributed by atoms with Gasteiger partial charge in [0, 0.05) is 0 Å². The topological polar surface area (TPSA) is 23.8 Å². The van der Waals surface area contributed by atoms with Crippen LogP contribution in [0.3, 0.4) is 0 Å². The van der Waals surface area contributed by atoms with Crippen molar-refractivity contribution in [3.05, 3.63) is 34.3 Å². The maximum absolute atomic E-state index is 8.47. The summed E-state index contributed by atoms with van der Waals surface area (Å²) in [5.74, 6) is 0.894. The van der Waals surface area contributed by atoms with E-state index in [0.29, 0.717) is 21.4 Å². The first-order chi connectivity index (χ1) is 8.60. The highest BCUT2D eigenvalue weighted by Gasteiger charge is 2.49. The minimum atomic E-state index is 0.530. The van der Waals surface area contributed by atoms with Crippen LogP contribution in [0.2, 0.25) is 5.02 Å². The molecule has 0 spiro atoms. The minimum absolute atomic E-state index is 0.530. The van der Waals surface area contributed by atoms with Gasteiger partial charge in [-0.2, -0.15) is 5.26 Å². The standard InChI is InChI=1S/C9H18.C8H6ClN/c1-7-8(2,3)6-9(7,4)5;1-6-2-3-7(5-10)8(9)4-6/h7H,6H2,1-5H3;2-4H,1H3. The number of hydrogen-bond acceptors (Lipinski definition) is 1. The fourth-order valence-corrected chi connectivity index (χ4v) is 3.40. The van der Waals surface area contributed by atoms with Crippen molar-refractivity contribution in [2.24, 2.45) is 16.7 Å². The van der Waals surface area contributed by atoms with Gasteiger partial charge in [0.05, 0.1) is 10.6 Å². The summed E-state index contributed by atoms with van der Waals surface area (Å²) in [7, 11) is 0. The van der Waals surface area contributed by atoms with E-state index >= 15 is 0 Å². The van der Waals surface area contributed by atoms with E-state index in [-0.39, 0.29) is 0 Å². The highest BCUT2D eigenvalue weighted by Crippen LogP contribution is 2.58. The summed E-state index contributed by atoms with van der Waals surface area (Å²) in [5, 5.41) is 9.00. The van der Waals surface area contributed by atoms with E-state index in [2.05, 4.69) is 34.6 Å². The average molecular weight is 278 g/mol. The SMILES string of the molecule is CC1C(C)(C)CC1(C)C.Cc1ccc(C#N)c(Cl)c1. The van der Waals surface area contributed by atoms with Crippen molar-refractivity contribution in [2.45, 2.75) is 48.0 Å². The molecule has 0 amide bonds. The summed E-state index contributed by atoms with van der Waals surface area (Å²) >= 11 is 5.71. The zero-order chi connectivity index (χ0) is 14.8. The Balaban J connectivity index is 0.000000191. The second-order valence-corrected chi connectivity index (χ2v) is 7.38. The zero-order valence-electron chi connectivity index (χ0n) is 12.8. The summed E-state index contributed by atoms with van der Waals surface area (Å²) < 4.78 is 0. The Bertz CT molecular complexity index is 480. The highest BCUT2D eigenvalue weighted by molar-refractivity contribution is 6.31. The third-order valence-electron chi connectivity index (χ3n) is 4.50. The van der Waals surface area contributed by atoms with Crippen molar-refractivity contribution in [1.29, 1.82) is 5.26 Å². The van der Waals surface area contributed by atoms with Crippen LogP contribution in [0, 0.1) is 35.0 Å². The Morgan fingerprint density at radius 2 is 1.74 bits per heavy atom. The van der Waals surface area contributed by atoms with E-state index in [4.69, 9.17) is 16.9 Å². The summed E-state index contributed by atoms with van der Waals surface area (Å²) in [6.07, 6.45) is 1.39. The molecule has 0 saturated heterocycles. The third kappa shape index (κ3) is 3.74. The summed E-state index contributed by atoms with van der Waals surface area (Å²) in [6.45, 7) is 13.8. The van der Waals surface area contributed by atoms with E-state index in [1.807, 2.05) is 19.1 Å². The minimum Gasteiger partial charge on any atom is -0.192 e. The van der Waals surface area contributed by atoms with Gasteiger partial charge in [0.15, 0.2) is 0 Å². The lowest BCUT2D eigenvalue weighted by Crippen LogP contribution is -2.48. The van der Waals surface area contributed by atoms with Crippen molar-refractivity contribution in [3.8, 4) is 6.07 Å². The van der Waals surface area contributed by atoms with Crippen molar-refractivity contribution < 1.29 is 0 Å². The van der Waals surface area contributed by atoms with Crippen molar-refractivity contribution >= 4 is 11.6 Å². The largest absolute Gasteiger partial charge is 0.192 e. The lowest BCUT2D eigenvalue weighted by molar-refractivity contribution is -0.0671. The molecule has 0 unspecified atom stereocenters. The Hall–Kier alpha value is -1.00. The molecule has 1 nitrogen and oxygen atoms in total. The Morgan fingerprint density at radius 3 is 2.00 bits per heavy atom. The molecule has 1 saturated carbocycles. The summed E-state index contributed by atoms with van der Waals surface area (Å²) in [6, 6.07) is 7.35. The van der Waals surface area contributed by atoms with Gasteiger partial charge in [-0.05, 0) is 47.8 Å². The number of nitrogens with zero attached hydrogens (tertiary/aromatic N) is 1. The number of aryl methyl sites for hydroxylation is 1. The molecule has 0 heterocycles. The number of benzene rings is 1. The van der Waals surface area contributed by atoms with Crippen molar-refractivity contribution in [1.82, 2.24) is 0 Å². The number of rotatable bonds is 0. The number of nitriles is 1. The maximum atomic E-state index is 8.47. The van der Waals surface area contributed by atoms with Crippen LogP contribution in [0.15, 0.2) is 18.2 Å². The molecule has 0 N–H and O–H groups in total. The highest BCUT2D eigenvalue weighted by atomic mass is 35.5. The van der Waals surface area contributed by atoms with E-state index < -0.39 is 0 Å². The first kappa shape index (κ1) is 16.1. The molecule has 0 aliphatic heterocycles. The molecule has 0 radical (unpaired) electrons. The van der Waals surface area contributed by atoms with Crippen LogP contribution in [-0.4, -0.2) is 0 Å². The second-order valence-electron chi connectivity index (χ2n) is 6.97. The van der Waals surface area contributed by atoms with Gasteiger partial charge in [-0.15, -0.1) is 0 Å². The molecular weight excluding hydrogens is 254 g/mol. The first-order valence-electron chi connectivity index (χ1n) is 6.76. The number of hydrogen-bond donors (Lipinski definition) is 0. The van der Waals surface area contributed by atoms with Crippen LogP contribution in [0.4, 0.5) is 0 Å². The van der Waals surface area contributed by atoms with Gasteiger partial charge in [0.25, 0.3) is 0 Å². The molecule has 104 valence electrons. The van der Waals surface area contributed by atoms with Gasteiger partial charge in [0.2, 0.25) is 0 Å². The van der Waals surface area contributed by atoms with Gasteiger partial charge < -0.3 is 0 Å². The van der Waals surface area contributed by atoms with Gasteiger partial charge in [-0.25, -0.2) is 0 Å². The molecule has 0 atom stereocenters. The van der Waals surface area contributed by atoms with Crippen LogP contribution >= 0.6 is 11.6 Å². The zero-order valence-corrected chi connectivity index (χ0v) is 13.6. The van der Waals surface area contributed by atoms with Gasteiger partial charge in [-0.1, -0.05) is 52.3 Å². The lowest BCUT2D eigenvalue weighted by atomic mass is 9.49. The molecule has 1 aliphatic carbocycles. The van der Waals surface area contributed by atoms with E-state index in [9.17, 15) is 0 Å².